The fourth-order valence-corrected chi connectivity index (χ4v) is 3.84. The Hall–Kier alpha value is -3.06. The van der Waals surface area contributed by atoms with E-state index in [1.165, 1.54) is 23.5 Å². The first kappa shape index (κ1) is 20.7. The first-order valence-corrected chi connectivity index (χ1v) is 10.1. The maximum atomic E-state index is 13.0. The van der Waals surface area contributed by atoms with Crippen LogP contribution in [-0.4, -0.2) is 16.8 Å². The van der Waals surface area contributed by atoms with Crippen molar-refractivity contribution >= 4 is 23.2 Å². The average molecular weight is 412 g/mol. The third kappa shape index (κ3) is 5.71. The molecule has 5 nitrogen and oxygen atoms in total. The Morgan fingerprint density at radius 2 is 1.79 bits per heavy atom. The Morgan fingerprint density at radius 3 is 2.48 bits per heavy atom. The zero-order chi connectivity index (χ0) is 20.8. The van der Waals surface area contributed by atoms with Crippen LogP contribution < -0.4 is 10.6 Å². The van der Waals surface area contributed by atoms with Crippen LogP contribution in [0.25, 0.3) is 0 Å². The molecule has 150 valence electrons. The van der Waals surface area contributed by atoms with E-state index in [1.807, 2.05) is 37.3 Å². The van der Waals surface area contributed by atoms with E-state index in [2.05, 4.69) is 15.6 Å². The minimum absolute atomic E-state index is 0.108. The molecule has 1 aromatic heterocycles. The summed E-state index contributed by atoms with van der Waals surface area (Å²) in [6, 6.07) is 15.6. The smallest absolute Gasteiger partial charge is 0.263 e. The monoisotopic (exact) mass is 411 g/mol. The van der Waals surface area contributed by atoms with E-state index in [0.29, 0.717) is 22.1 Å². The number of nitrogens with one attached hydrogen (secondary N) is 2. The number of carbonyl (C=O) groups excluding carboxylic acids is 2. The summed E-state index contributed by atoms with van der Waals surface area (Å²) in [5.41, 5.74) is 2.42. The largest absolute Gasteiger partial charge is 0.349 e. The van der Waals surface area contributed by atoms with Gasteiger partial charge in [-0.3, -0.25) is 9.59 Å². The molecule has 0 radical (unpaired) electrons. The molecule has 0 saturated heterocycles. The van der Waals surface area contributed by atoms with Gasteiger partial charge in [-0.25, -0.2) is 9.37 Å². The number of halogens is 1. The molecule has 0 aliphatic carbocycles. The number of thiazole rings is 1. The highest BCUT2D eigenvalue weighted by Gasteiger charge is 2.18. The van der Waals surface area contributed by atoms with Gasteiger partial charge in [-0.1, -0.05) is 42.5 Å². The maximum absolute atomic E-state index is 13.0. The molecule has 1 heterocycles. The molecule has 3 aromatic rings. The number of rotatable bonds is 7. The van der Waals surface area contributed by atoms with Crippen LogP contribution in [0.15, 0.2) is 54.6 Å². The predicted octanol–water partition coefficient (Wildman–Crippen LogP) is 3.94. The van der Waals surface area contributed by atoms with Crippen LogP contribution in [0, 0.1) is 12.7 Å². The molecular formula is C22H22FN3O2S. The Morgan fingerprint density at radius 1 is 1.10 bits per heavy atom. The van der Waals surface area contributed by atoms with Gasteiger partial charge >= 0.3 is 0 Å². The average Bonchev–Trinajstić information content (AvgIpc) is 3.07. The second kappa shape index (κ2) is 9.43. The lowest BCUT2D eigenvalue weighted by molar-refractivity contribution is -0.121. The van der Waals surface area contributed by atoms with Crippen molar-refractivity contribution in [1.82, 2.24) is 15.6 Å². The normalized spacial score (nSPS) is 11.7. The van der Waals surface area contributed by atoms with Crippen molar-refractivity contribution in [3.8, 4) is 0 Å². The third-order valence-electron chi connectivity index (χ3n) is 4.40. The Balaban J connectivity index is 1.56. The Labute approximate surface area is 173 Å². The standard InChI is InChI=1S/C22H22FN3O2S/c1-14(17-6-4-3-5-7-17)25-19(27)12-20-26-15(2)21(29-20)22(28)24-13-16-8-10-18(23)11-9-16/h3-11,14H,12-13H2,1-2H3,(H,24,28)(H,25,27)/t14-/m1/s1. The molecule has 0 unspecified atom stereocenters. The van der Waals surface area contributed by atoms with Crippen molar-refractivity contribution in [2.24, 2.45) is 0 Å². The molecule has 1 atom stereocenters. The highest BCUT2D eigenvalue weighted by atomic mass is 32.1. The van der Waals surface area contributed by atoms with Crippen molar-refractivity contribution in [3.63, 3.8) is 0 Å². The Kier molecular flexibility index (Phi) is 6.72. The van der Waals surface area contributed by atoms with Crippen molar-refractivity contribution in [3.05, 3.63) is 87.1 Å². The molecule has 0 saturated carbocycles. The van der Waals surface area contributed by atoms with Crippen LogP contribution in [0.2, 0.25) is 0 Å². The summed E-state index contributed by atoms with van der Waals surface area (Å²) in [6.07, 6.45) is 0.119. The van der Waals surface area contributed by atoms with Gasteiger partial charge < -0.3 is 10.6 Å². The topological polar surface area (TPSA) is 71.1 Å². The number of aryl methyl sites for hydroxylation is 1. The first-order valence-electron chi connectivity index (χ1n) is 9.25. The summed E-state index contributed by atoms with van der Waals surface area (Å²) in [7, 11) is 0. The van der Waals surface area contributed by atoms with E-state index >= 15 is 0 Å². The zero-order valence-corrected chi connectivity index (χ0v) is 17.1. The van der Waals surface area contributed by atoms with Crippen molar-refractivity contribution < 1.29 is 14.0 Å². The number of carbonyl (C=O) groups is 2. The van der Waals surface area contributed by atoms with E-state index in [0.717, 1.165) is 11.1 Å². The highest BCUT2D eigenvalue weighted by Crippen LogP contribution is 2.19. The van der Waals surface area contributed by atoms with Gasteiger partial charge in [0.15, 0.2) is 0 Å². The number of nitrogens with zero attached hydrogens (tertiary/aromatic N) is 1. The molecule has 0 fully saturated rings. The summed E-state index contributed by atoms with van der Waals surface area (Å²) in [5.74, 6) is -0.718. The summed E-state index contributed by atoms with van der Waals surface area (Å²) in [6.45, 7) is 3.97. The number of hydrogen-bond donors (Lipinski definition) is 2. The SMILES string of the molecule is Cc1nc(CC(=O)N[C@H](C)c2ccccc2)sc1C(=O)NCc1ccc(F)cc1. The molecule has 7 heteroatoms. The van der Waals surface area contributed by atoms with Crippen LogP contribution in [0.5, 0.6) is 0 Å². The summed E-state index contributed by atoms with van der Waals surface area (Å²) in [4.78, 5) is 29.6. The molecule has 0 aliphatic heterocycles. The van der Waals surface area contributed by atoms with Crippen LogP contribution in [0.4, 0.5) is 4.39 Å². The number of amides is 2. The van der Waals surface area contributed by atoms with Crippen LogP contribution >= 0.6 is 11.3 Å². The minimum atomic E-state index is -0.317. The van der Waals surface area contributed by atoms with Gasteiger partial charge in [-0.15, -0.1) is 11.3 Å². The fraction of sp³-hybridized carbons (Fsp3) is 0.227. The lowest BCUT2D eigenvalue weighted by atomic mass is 10.1. The molecule has 3 rings (SSSR count). The second-order valence-corrected chi connectivity index (χ2v) is 7.79. The van der Waals surface area contributed by atoms with Crippen molar-refractivity contribution in [1.29, 1.82) is 0 Å². The predicted molar refractivity (Wildman–Crippen MR) is 111 cm³/mol. The van der Waals surface area contributed by atoms with E-state index in [-0.39, 0.29) is 30.1 Å². The molecule has 2 amide bonds. The number of hydrogen-bond acceptors (Lipinski definition) is 4. The fourth-order valence-electron chi connectivity index (χ4n) is 2.86. The summed E-state index contributed by atoms with van der Waals surface area (Å²) >= 11 is 1.21. The lowest BCUT2D eigenvalue weighted by Crippen LogP contribution is -2.28. The lowest BCUT2D eigenvalue weighted by Gasteiger charge is -2.13. The quantitative estimate of drug-likeness (QED) is 0.619. The number of aromatic nitrogens is 1. The van der Waals surface area contributed by atoms with Crippen LogP contribution in [0.1, 0.15) is 44.5 Å². The first-order chi connectivity index (χ1) is 13.9. The van der Waals surface area contributed by atoms with Gasteiger partial charge in [-0.05, 0) is 37.1 Å². The third-order valence-corrected chi connectivity index (χ3v) is 5.56. The molecule has 0 spiro atoms. The maximum Gasteiger partial charge on any atom is 0.263 e. The van der Waals surface area contributed by atoms with E-state index in [1.54, 1.807) is 19.1 Å². The van der Waals surface area contributed by atoms with E-state index < -0.39 is 0 Å². The second-order valence-electron chi connectivity index (χ2n) is 6.71. The molecule has 0 aliphatic rings. The van der Waals surface area contributed by atoms with Gasteiger partial charge in [0.05, 0.1) is 18.2 Å². The minimum Gasteiger partial charge on any atom is -0.349 e. The van der Waals surface area contributed by atoms with Crippen molar-refractivity contribution in [2.75, 3.05) is 0 Å². The van der Waals surface area contributed by atoms with Crippen LogP contribution in [-0.2, 0) is 17.8 Å². The summed E-state index contributed by atoms with van der Waals surface area (Å²) < 4.78 is 13.0. The van der Waals surface area contributed by atoms with E-state index in [9.17, 15) is 14.0 Å². The zero-order valence-electron chi connectivity index (χ0n) is 16.2. The molecular weight excluding hydrogens is 389 g/mol. The van der Waals surface area contributed by atoms with Gasteiger partial charge in [0.2, 0.25) is 5.91 Å². The van der Waals surface area contributed by atoms with Gasteiger partial charge in [0.25, 0.3) is 5.91 Å². The van der Waals surface area contributed by atoms with E-state index in [4.69, 9.17) is 0 Å². The molecule has 0 bridgehead atoms. The molecule has 2 aromatic carbocycles. The van der Waals surface area contributed by atoms with Gasteiger partial charge in [-0.2, -0.15) is 0 Å². The summed E-state index contributed by atoms with van der Waals surface area (Å²) in [5, 5.41) is 6.34. The molecule has 2 N–H and O–H groups in total. The molecule has 29 heavy (non-hydrogen) atoms. The number of benzene rings is 2. The Bertz CT molecular complexity index is 987. The van der Waals surface area contributed by atoms with Crippen molar-refractivity contribution in [2.45, 2.75) is 32.9 Å². The van der Waals surface area contributed by atoms with Gasteiger partial charge in [0, 0.05) is 6.54 Å². The van der Waals surface area contributed by atoms with Crippen LogP contribution in [0.3, 0.4) is 0 Å². The van der Waals surface area contributed by atoms with Gasteiger partial charge in [0.1, 0.15) is 15.7 Å². The highest BCUT2D eigenvalue weighted by molar-refractivity contribution is 7.13.